The summed E-state index contributed by atoms with van der Waals surface area (Å²) >= 11 is 0. The van der Waals surface area contributed by atoms with Crippen LogP contribution in [0, 0.1) is 0 Å². The van der Waals surface area contributed by atoms with Crippen LogP contribution in [0.1, 0.15) is 27.7 Å². The smallest absolute Gasteiger partial charge is 0.131 e. The van der Waals surface area contributed by atoms with Gasteiger partial charge in [0.25, 0.3) is 0 Å². The first-order valence-corrected chi connectivity index (χ1v) is 5.03. The Kier molecular flexibility index (Phi) is 5.48. The van der Waals surface area contributed by atoms with E-state index in [-0.39, 0.29) is 10.7 Å². The fourth-order valence-corrected chi connectivity index (χ4v) is 1.43. The van der Waals surface area contributed by atoms with E-state index in [1.54, 1.807) is 0 Å². The van der Waals surface area contributed by atoms with E-state index in [4.69, 9.17) is 0 Å². The van der Waals surface area contributed by atoms with Gasteiger partial charge in [0, 0.05) is 6.54 Å². The van der Waals surface area contributed by atoms with Crippen molar-refractivity contribution in [3.05, 3.63) is 0 Å². The molecule has 0 aromatic carbocycles. The zero-order valence-corrected chi connectivity index (χ0v) is 9.19. The quantitative estimate of drug-likeness (QED) is 0.492. The Hall–Kier alpha value is -0.160. The van der Waals surface area contributed by atoms with Crippen molar-refractivity contribution >= 4 is 0 Å². The van der Waals surface area contributed by atoms with E-state index in [0.29, 0.717) is 26.2 Å². The molecular weight excluding hydrogens is 168 g/mol. The van der Waals surface area contributed by atoms with Crippen molar-refractivity contribution in [2.24, 2.45) is 0 Å². The van der Waals surface area contributed by atoms with Gasteiger partial charge in [0.2, 0.25) is 0 Å². The molecule has 2 N–H and O–H groups in total. The molecule has 0 spiro atoms. The van der Waals surface area contributed by atoms with Crippen molar-refractivity contribution in [2.45, 2.75) is 33.7 Å². The topological polar surface area (TPSA) is 43.7 Å². The highest BCUT2D eigenvalue weighted by molar-refractivity contribution is 4.52. The standard InChI is InChI=1S/C9H23N2O2/c1-5-10(12)8-9(4)11(13,6-2)7-3/h9,12-13H,5-8H2,1-4H3/q+1. The van der Waals surface area contributed by atoms with Crippen LogP contribution in [0.4, 0.5) is 0 Å². The van der Waals surface area contributed by atoms with Gasteiger partial charge in [-0.25, -0.2) is 5.21 Å². The van der Waals surface area contributed by atoms with E-state index in [1.165, 1.54) is 5.06 Å². The molecule has 0 radical (unpaired) electrons. The van der Waals surface area contributed by atoms with Gasteiger partial charge >= 0.3 is 0 Å². The number of hydrogen-bond donors (Lipinski definition) is 2. The molecule has 0 saturated carbocycles. The van der Waals surface area contributed by atoms with Crippen molar-refractivity contribution in [2.75, 3.05) is 26.2 Å². The molecule has 1 atom stereocenters. The zero-order chi connectivity index (χ0) is 10.5. The predicted octanol–water partition coefficient (Wildman–Crippen LogP) is 1.33. The summed E-state index contributed by atoms with van der Waals surface area (Å²) < 4.78 is 0.0249. The summed E-state index contributed by atoms with van der Waals surface area (Å²) in [6, 6.07) is 0.0416. The van der Waals surface area contributed by atoms with Gasteiger partial charge in [-0.2, -0.15) is 9.71 Å². The Balaban J connectivity index is 4.13. The second-order valence-corrected chi connectivity index (χ2v) is 3.47. The molecule has 0 aliphatic heterocycles. The van der Waals surface area contributed by atoms with Gasteiger partial charge in [-0.3, -0.25) is 0 Å². The van der Waals surface area contributed by atoms with Crippen molar-refractivity contribution < 1.29 is 15.1 Å². The summed E-state index contributed by atoms with van der Waals surface area (Å²) in [5.74, 6) is 0. The summed E-state index contributed by atoms with van der Waals surface area (Å²) in [5.41, 5.74) is 0. The molecule has 0 saturated heterocycles. The van der Waals surface area contributed by atoms with E-state index >= 15 is 0 Å². The summed E-state index contributed by atoms with van der Waals surface area (Å²) in [6.45, 7) is 10.2. The lowest BCUT2D eigenvalue weighted by Crippen LogP contribution is -2.55. The molecule has 0 aliphatic carbocycles. The number of nitrogens with zero attached hydrogens (tertiary/aromatic N) is 2. The molecular formula is C9H23N2O2+. The highest BCUT2D eigenvalue weighted by atomic mass is 16.6. The molecule has 0 aromatic rings. The molecule has 4 nitrogen and oxygen atoms in total. The van der Waals surface area contributed by atoms with E-state index in [0.717, 1.165) is 0 Å². The van der Waals surface area contributed by atoms with Gasteiger partial charge in [-0.1, -0.05) is 6.92 Å². The molecule has 0 heterocycles. The third-order valence-electron chi connectivity index (χ3n) is 2.76. The zero-order valence-electron chi connectivity index (χ0n) is 9.19. The van der Waals surface area contributed by atoms with Crippen molar-refractivity contribution in [1.82, 2.24) is 5.06 Å². The molecule has 0 amide bonds. The Morgan fingerprint density at radius 3 is 2.00 bits per heavy atom. The van der Waals surface area contributed by atoms with Crippen molar-refractivity contribution in [3.63, 3.8) is 0 Å². The number of hydroxylamine groups is 5. The summed E-state index contributed by atoms with van der Waals surface area (Å²) in [4.78, 5) is 0. The van der Waals surface area contributed by atoms with Crippen molar-refractivity contribution in [3.8, 4) is 0 Å². The van der Waals surface area contributed by atoms with Crippen LogP contribution in [0.15, 0.2) is 0 Å². The van der Waals surface area contributed by atoms with Crippen LogP contribution in [0.5, 0.6) is 0 Å². The molecule has 0 aliphatic rings. The lowest BCUT2D eigenvalue weighted by atomic mass is 10.2. The molecule has 13 heavy (non-hydrogen) atoms. The van der Waals surface area contributed by atoms with Gasteiger partial charge < -0.3 is 5.21 Å². The average Bonchev–Trinajstić information content (AvgIpc) is 2.16. The van der Waals surface area contributed by atoms with Gasteiger partial charge in [0.15, 0.2) is 0 Å². The monoisotopic (exact) mass is 191 g/mol. The lowest BCUT2D eigenvalue weighted by molar-refractivity contribution is -1.12. The van der Waals surface area contributed by atoms with Gasteiger partial charge in [0.1, 0.15) is 19.1 Å². The number of quaternary nitrogens is 1. The minimum absolute atomic E-state index is 0.0249. The molecule has 0 bridgehead atoms. The SMILES string of the molecule is CCN(O)CC(C)[N+](O)(CC)CC. The Bertz CT molecular complexity index is 138. The molecule has 0 rings (SSSR count). The molecule has 0 aromatic heterocycles. The van der Waals surface area contributed by atoms with E-state index in [9.17, 15) is 10.4 Å². The number of hydrogen-bond acceptors (Lipinski definition) is 3. The fraction of sp³-hybridized carbons (Fsp3) is 1.00. The highest BCUT2D eigenvalue weighted by Crippen LogP contribution is 2.09. The first-order valence-electron chi connectivity index (χ1n) is 5.03. The van der Waals surface area contributed by atoms with Gasteiger partial charge in [-0.15, -0.1) is 0 Å². The number of rotatable bonds is 6. The second kappa shape index (κ2) is 5.54. The van der Waals surface area contributed by atoms with E-state index in [1.807, 2.05) is 27.7 Å². The molecule has 80 valence electrons. The first-order chi connectivity index (χ1) is 6.00. The van der Waals surface area contributed by atoms with Gasteiger partial charge in [-0.05, 0) is 20.8 Å². The lowest BCUT2D eigenvalue weighted by Gasteiger charge is -2.35. The third kappa shape index (κ3) is 3.60. The molecule has 1 unspecified atom stereocenters. The van der Waals surface area contributed by atoms with E-state index < -0.39 is 0 Å². The Morgan fingerprint density at radius 2 is 1.69 bits per heavy atom. The van der Waals surface area contributed by atoms with Crippen LogP contribution in [-0.2, 0) is 0 Å². The molecule has 0 fully saturated rings. The maximum Gasteiger partial charge on any atom is 0.131 e. The predicted molar refractivity (Wildman–Crippen MR) is 51.6 cm³/mol. The maximum absolute atomic E-state index is 10.0. The normalized spacial score (nSPS) is 15.0. The van der Waals surface area contributed by atoms with E-state index in [2.05, 4.69) is 0 Å². The third-order valence-corrected chi connectivity index (χ3v) is 2.76. The van der Waals surface area contributed by atoms with Crippen LogP contribution >= 0.6 is 0 Å². The molecule has 4 heteroatoms. The van der Waals surface area contributed by atoms with Crippen molar-refractivity contribution in [1.29, 1.82) is 0 Å². The van der Waals surface area contributed by atoms with Crippen LogP contribution in [0.25, 0.3) is 0 Å². The maximum atomic E-state index is 10.0. The average molecular weight is 191 g/mol. The minimum atomic E-state index is 0.0249. The minimum Gasteiger partial charge on any atom is -0.314 e. The van der Waals surface area contributed by atoms with Crippen LogP contribution in [0.3, 0.4) is 0 Å². The van der Waals surface area contributed by atoms with Gasteiger partial charge in [0.05, 0.1) is 6.54 Å². The summed E-state index contributed by atoms with van der Waals surface area (Å²) in [5, 5.41) is 20.6. The highest BCUT2D eigenvalue weighted by Gasteiger charge is 2.29. The van der Waals surface area contributed by atoms with Crippen LogP contribution < -0.4 is 0 Å². The summed E-state index contributed by atoms with van der Waals surface area (Å²) in [6.07, 6.45) is 0. The largest absolute Gasteiger partial charge is 0.314 e. The first kappa shape index (κ1) is 12.8. The van der Waals surface area contributed by atoms with Crippen LogP contribution in [-0.4, -0.2) is 52.3 Å². The fourth-order valence-electron chi connectivity index (χ4n) is 1.43. The number of likely N-dealkylation sites (N-methyl/N-ethyl adjacent to an activating group) is 2. The Morgan fingerprint density at radius 1 is 1.23 bits per heavy atom. The Labute approximate surface area is 80.9 Å². The second-order valence-electron chi connectivity index (χ2n) is 3.47. The summed E-state index contributed by atoms with van der Waals surface area (Å²) in [7, 11) is 0. The van der Waals surface area contributed by atoms with Crippen LogP contribution in [0.2, 0.25) is 0 Å².